The maximum absolute atomic E-state index is 13.3. The molecule has 7 nitrogen and oxygen atoms in total. The maximum Gasteiger partial charge on any atom is 0.339 e. The van der Waals surface area contributed by atoms with Crippen LogP contribution in [0.4, 0.5) is 5.82 Å². The van der Waals surface area contributed by atoms with E-state index in [0.29, 0.717) is 24.0 Å². The lowest BCUT2D eigenvalue weighted by atomic mass is 9.95. The van der Waals surface area contributed by atoms with Gasteiger partial charge in [0.1, 0.15) is 5.82 Å². The van der Waals surface area contributed by atoms with Crippen LogP contribution >= 0.6 is 0 Å². The Morgan fingerprint density at radius 2 is 1.87 bits per heavy atom. The van der Waals surface area contributed by atoms with Gasteiger partial charge < -0.3 is 10.1 Å². The van der Waals surface area contributed by atoms with Gasteiger partial charge in [-0.25, -0.2) is 9.78 Å². The number of ether oxygens (including phenoxy) is 1. The van der Waals surface area contributed by atoms with Gasteiger partial charge in [-0.3, -0.25) is 14.7 Å². The summed E-state index contributed by atoms with van der Waals surface area (Å²) in [6.07, 6.45) is 1.39. The third-order valence-corrected chi connectivity index (χ3v) is 5.58. The highest BCUT2D eigenvalue weighted by Gasteiger charge is 2.29. The van der Waals surface area contributed by atoms with Crippen molar-refractivity contribution in [3.63, 3.8) is 0 Å². The molecule has 1 N–H and O–H groups in total. The predicted octanol–water partition coefficient (Wildman–Crippen LogP) is 3.58. The fourth-order valence-corrected chi connectivity index (χ4v) is 3.82. The number of amides is 1. The summed E-state index contributed by atoms with van der Waals surface area (Å²) in [6, 6.07) is 13.1. The average molecular weight is 418 g/mol. The van der Waals surface area contributed by atoms with Crippen LogP contribution in [-0.2, 0) is 22.5 Å². The molecule has 0 saturated heterocycles. The molecule has 1 aromatic carbocycles. The first-order valence-electron chi connectivity index (χ1n) is 10.5. The zero-order valence-corrected chi connectivity index (χ0v) is 18.0. The van der Waals surface area contributed by atoms with Crippen LogP contribution in [-0.4, -0.2) is 45.4 Å². The van der Waals surface area contributed by atoms with E-state index in [-0.39, 0.29) is 0 Å². The van der Waals surface area contributed by atoms with E-state index in [1.165, 1.54) is 0 Å². The molecule has 1 aliphatic heterocycles. The summed E-state index contributed by atoms with van der Waals surface area (Å²) < 4.78 is 5.62. The number of nitrogens with zero attached hydrogens (tertiary/aromatic N) is 3. The van der Waals surface area contributed by atoms with Gasteiger partial charge in [-0.1, -0.05) is 24.3 Å². The van der Waals surface area contributed by atoms with Gasteiger partial charge in [0.2, 0.25) is 0 Å². The molecule has 0 bridgehead atoms. The van der Waals surface area contributed by atoms with Gasteiger partial charge in [0.05, 0.1) is 11.1 Å². The van der Waals surface area contributed by atoms with Gasteiger partial charge >= 0.3 is 5.97 Å². The van der Waals surface area contributed by atoms with E-state index in [0.717, 1.165) is 35.1 Å². The van der Waals surface area contributed by atoms with E-state index in [2.05, 4.69) is 29.0 Å². The lowest BCUT2D eigenvalue weighted by Crippen LogP contribution is -2.37. The van der Waals surface area contributed by atoms with Gasteiger partial charge in [0.15, 0.2) is 6.10 Å². The molecule has 0 aliphatic carbocycles. The number of aromatic nitrogens is 2. The van der Waals surface area contributed by atoms with E-state index >= 15 is 0 Å². The van der Waals surface area contributed by atoms with Gasteiger partial charge in [-0.15, -0.1) is 0 Å². The highest BCUT2D eigenvalue weighted by molar-refractivity contribution is 6.06. The number of benzene rings is 1. The quantitative estimate of drug-likeness (QED) is 0.638. The Hall–Kier alpha value is -3.32. The first-order valence-corrected chi connectivity index (χ1v) is 10.5. The highest BCUT2D eigenvalue weighted by atomic mass is 16.5. The zero-order chi connectivity index (χ0) is 22.0. The molecule has 0 spiro atoms. The number of esters is 1. The molecular formula is C24H26N4O3. The third-order valence-electron chi connectivity index (χ3n) is 5.58. The van der Waals surface area contributed by atoms with Crippen molar-refractivity contribution >= 4 is 28.6 Å². The lowest BCUT2D eigenvalue weighted by molar-refractivity contribution is -0.123. The van der Waals surface area contributed by atoms with Gasteiger partial charge in [0, 0.05) is 48.4 Å². The smallest absolute Gasteiger partial charge is 0.339 e. The number of carbonyl (C=O) groups is 2. The second-order valence-electron chi connectivity index (χ2n) is 8.00. The average Bonchev–Trinajstić information content (AvgIpc) is 2.77. The van der Waals surface area contributed by atoms with Crippen LogP contribution in [0.3, 0.4) is 0 Å². The van der Waals surface area contributed by atoms with Crippen LogP contribution in [0.2, 0.25) is 0 Å². The van der Waals surface area contributed by atoms with Crippen molar-refractivity contribution in [2.45, 2.75) is 45.9 Å². The van der Waals surface area contributed by atoms with Gasteiger partial charge in [0.25, 0.3) is 5.91 Å². The molecule has 1 amide bonds. The zero-order valence-electron chi connectivity index (χ0n) is 18.0. The van der Waals surface area contributed by atoms with Crippen LogP contribution in [0.1, 0.15) is 42.4 Å². The van der Waals surface area contributed by atoms with Gasteiger partial charge in [-0.2, -0.15) is 0 Å². The topological polar surface area (TPSA) is 84.4 Å². The number of para-hydroxylation sites is 1. The van der Waals surface area contributed by atoms with Crippen molar-refractivity contribution in [3.05, 3.63) is 65.5 Å². The molecule has 4 rings (SSSR count). The van der Waals surface area contributed by atoms with Crippen molar-refractivity contribution < 1.29 is 14.3 Å². The highest BCUT2D eigenvalue weighted by Crippen LogP contribution is 2.29. The summed E-state index contributed by atoms with van der Waals surface area (Å²) in [5.41, 5.74) is 3.08. The fraction of sp³-hybridized carbons (Fsp3) is 0.333. The second kappa shape index (κ2) is 8.81. The third kappa shape index (κ3) is 4.41. The molecule has 3 heterocycles. The maximum atomic E-state index is 13.3. The number of anilines is 1. The van der Waals surface area contributed by atoms with Crippen LogP contribution in [0.15, 0.2) is 48.7 Å². The number of nitrogens with one attached hydrogen (secondary N) is 1. The number of fused-ring (bicyclic) bond motifs is 2. The molecule has 7 heteroatoms. The first kappa shape index (κ1) is 20.9. The summed E-state index contributed by atoms with van der Waals surface area (Å²) in [5.74, 6) is -0.526. The summed E-state index contributed by atoms with van der Waals surface area (Å²) >= 11 is 0. The Kier molecular flexibility index (Phi) is 5.95. The largest absolute Gasteiger partial charge is 0.449 e. The van der Waals surface area contributed by atoms with Crippen LogP contribution < -0.4 is 5.32 Å². The molecule has 2 aromatic heterocycles. The van der Waals surface area contributed by atoms with Crippen molar-refractivity contribution in [1.82, 2.24) is 14.9 Å². The SMILES string of the molecule is CC(OC(=O)c1c2c(nc3ccccc13)CCN(C(C)C)C2)C(=O)Nc1ccccn1. The fourth-order valence-electron chi connectivity index (χ4n) is 3.82. The number of rotatable bonds is 5. The Morgan fingerprint density at radius 3 is 2.61 bits per heavy atom. The molecule has 1 atom stereocenters. The molecule has 31 heavy (non-hydrogen) atoms. The Bertz CT molecular complexity index is 1110. The van der Waals surface area contributed by atoms with Crippen molar-refractivity contribution in [2.24, 2.45) is 0 Å². The summed E-state index contributed by atoms with van der Waals surface area (Å²) in [6.45, 7) is 7.37. The Morgan fingerprint density at radius 1 is 1.10 bits per heavy atom. The van der Waals surface area contributed by atoms with Crippen molar-refractivity contribution in [2.75, 3.05) is 11.9 Å². The monoisotopic (exact) mass is 418 g/mol. The summed E-state index contributed by atoms with van der Waals surface area (Å²) in [5, 5.41) is 3.42. The molecule has 1 unspecified atom stereocenters. The van der Waals surface area contributed by atoms with E-state index in [1.54, 1.807) is 31.3 Å². The molecule has 1 aliphatic rings. The Balaban J connectivity index is 1.64. The number of pyridine rings is 2. The minimum absolute atomic E-state index is 0.353. The molecule has 160 valence electrons. The van der Waals surface area contributed by atoms with E-state index in [1.807, 2.05) is 24.3 Å². The van der Waals surface area contributed by atoms with Crippen LogP contribution in [0.25, 0.3) is 10.9 Å². The molecule has 3 aromatic rings. The normalized spacial score (nSPS) is 14.8. The number of hydrogen-bond donors (Lipinski definition) is 1. The van der Waals surface area contributed by atoms with E-state index < -0.39 is 18.0 Å². The van der Waals surface area contributed by atoms with Crippen molar-refractivity contribution in [1.29, 1.82) is 0 Å². The van der Waals surface area contributed by atoms with E-state index in [4.69, 9.17) is 9.72 Å². The Labute approximate surface area is 181 Å². The standard InChI is InChI=1S/C24H26N4O3/c1-15(2)28-13-11-20-18(14-28)22(17-8-4-5-9-19(17)26-20)24(30)31-16(3)23(29)27-21-10-6-7-12-25-21/h4-10,12,15-16H,11,13-14H2,1-3H3,(H,25,27,29). The minimum atomic E-state index is -0.970. The van der Waals surface area contributed by atoms with Crippen LogP contribution in [0.5, 0.6) is 0 Å². The molecular weight excluding hydrogens is 392 g/mol. The first-order chi connectivity index (χ1) is 14.9. The summed E-state index contributed by atoms with van der Waals surface area (Å²) in [4.78, 5) is 37.0. The van der Waals surface area contributed by atoms with E-state index in [9.17, 15) is 9.59 Å². The number of carbonyl (C=O) groups excluding carboxylic acids is 2. The second-order valence-corrected chi connectivity index (χ2v) is 8.00. The minimum Gasteiger partial charge on any atom is -0.449 e. The molecule has 0 radical (unpaired) electrons. The molecule has 0 fully saturated rings. The lowest BCUT2D eigenvalue weighted by Gasteiger charge is -2.32. The molecule has 0 saturated carbocycles. The summed E-state index contributed by atoms with van der Waals surface area (Å²) in [7, 11) is 0. The van der Waals surface area contributed by atoms with Crippen LogP contribution in [0, 0.1) is 0 Å². The van der Waals surface area contributed by atoms with Gasteiger partial charge in [-0.05, 0) is 39.0 Å². The van der Waals surface area contributed by atoms with Crippen molar-refractivity contribution in [3.8, 4) is 0 Å². The number of hydrogen-bond acceptors (Lipinski definition) is 6. The predicted molar refractivity (Wildman–Crippen MR) is 119 cm³/mol.